The average molecular weight is 481 g/mol. The van der Waals surface area contributed by atoms with Crippen molar-refractivity contribution in [3.63, 3.8) is 0 Å². The fraction of sp³-hybridized carbons (Fsp3) is 0.429. The van der Waals surface area contributed by atoms with Crippen molar-refractivity contribution >= 4 is 17.4 Å². The molecule has 2 aromatic rings. The van der Waals surface area contributed by atoms with Crippen molar-refractivity contribution in [3.05, 3.63) is 65.2 Å². The Morgan fingerprint density at radius 2 is 1.74 bits per heavy atom. The van der Waals surface area contributed by atoms with Gasteiger partial charge in [-0.25, -0.2) is 0 Å². The fourth-order valence-corrected chi connectivity index (χ4v) is 4.11. The number of amides is 1. The lowest BCUT2D eigenvalue weighted by atomic mass is 9.94. The molecule has 0 saturated carbocycles. The molecule has 7 heteroatoms. The SMILES string of the molecule is CCOc1ccccc1C1/C(=C(\O)c2ccc(OCC(C)C)cc2)C(=O)C(=O)N1CCCN(C)C. The molecule has 1 aliphatic rings. The summed E-state index contributed by atoms with van der Waals surface area (Å²) in [7, 11) is 3.93. The van der Waals surface area contributed by atoms with E-state index in [0.717, 1.165) is 6.54 Å². The number of hydrogen-bond acceptors (Lipinski definition) is 6. The number of benzene rings is 2. The molecule has 0 bridgehead atoms. The summed E-state index contributed by atoms with van der Waals surface area (Å²) in [6.07, 6.45) is 0.690. The summed E-state index contributed by atoms with van der Waals surface area (Å²) in [5.74, 6) is 0.143. The number of aliphatic hydroxyl groups excluding tert-OH is 1. The van der Waals surface area contributed by atoms with Crippen molar-refractivity contribution in [1.29, 1.82) is 0 Å². The summed E-state index contributed by atoms with van der Waals surface area (Å²) in [4.78, 5) is 30.0. The van der Waals surface area contributed by atoms with Gasteiger partial charge in [0, 0.05) is 17.7 Å². The first kappa shape index (κ1) is 26.3. The molecule has 1 N–H and O–H groups in total. The topological polar surface area (TPSA) is 79.3 Å². The van der Waals surface area contributed by atoms with E-state index < -0.39 is 17.7 Å². The van der Waals surface area contributed by atoms with Gasteiger partial charge in [-0.1, -0.05) is 32.0 Å². The van der Waals surface area contributed by atoms with Crippen LogP contribution in [0, 0.1) is 5.92 Å². The van der Waals surface area contributed by atoms with E-state index in [2.05, 4.69) is 13.8 Å². The van der Waals surface area contributed by atoms with Crippen LogP contribution < -0.4 is 9.47 Å². The van der Waals surface area contributed by atoms with Crippen LogP contribution in [-0.4, -0.2) is 67.0 Å². The maximum Gasteiger partial charge on any atom is 0.295 e. The van der Waals surface area contributed by atoms with Crippen molar-refractivity contribution in [2.24, 2.45) is 5.92 Å². The predicted octanol–water partition coefficient (Wildman–Crippen LogP) is 4.49. The fourth-order valence-electron chi connectivity index (χ4n) is 4.11. The standard InChI is InChI=1S/C28H36N2O5/c1-6-34-23-11-8-7-10-22(23)25-24(27(32)28(33)30(25)17-9-16-29(4)5)26(31)20-12-14-21(15-13-20)35-18-19(2)3/h7-8,10-15,19,25,31H,6,9,16-18H2,1-5H3/b26-24+. The molecule has 1 unspecified atom stereocenters. The molecule has 1 atom stereocenters. The number of ether oxygens (including phenoxy) is 2. The average Bonchev–Trinajstić information content (AvgIpc) is 3.08. The molecular weight excluding hydrogens is 444 g/mol. The molecule has 1 fully saturated rings. The molecule has 0 spiro atoms. The van der Waals surface area contributed by atoms with E-state index in [9.17, 15) is 14.7 Å². The monoisotopic (exact) mass is 480 g/mol. The zero-order valence-electron chi connectivity index (χ0n) is 21.3. The first-order valence-corrected chi connectivity index (χ1v) is 12.1. The summed E-state index contributed by atoms with van der Waals surface area (Å²) >= 11 is 0. The molecule has 1 saturated heterocycles. The number of rotatable bonds is 11. The molecule has 35 heavy (non-hydrogen) atoms. The number of ketones is 1. The lowest BCUT2D eigenvalue weighted by Crippen LogP contribution is -2.32. The van der Waals surface area contributed by atoms with Gasteiger partial charge in [-0.3, -0.25) is 9.59 Å². The Labute approximate surface area is 207 Å². The third kappa shape index (κ3) is 6.22. The molecule has 1 heterocycles. The van der Waals surface area contributed by atoms with Crippen molar-refractivity contribution < 1.29 is 24.2 Å². The van der Waals surface area contributed by atoms with Crippen LogP contribution in [0.15, 0.2) is 54.1 Å². The highest BCUT2D eigenvalue weighted by atomic mass is 16.5. The van der Waals surface area contributed by atoms with Gasteiger partial charge in [0.2, 0.25) is 0 Å². The van der Waals surface area contributed by atoms with E-state index in [-0.39, 0.29) is 11.3 Å². The quantitative estimate of drug-likeness (QED) is 0.290. The van der Waals surface area contributed by atoms with Crippen LogP contribution in [0.3, 0.4) is 0 Å². The molecule has 188 valence electrons. The van der Waals surface area contributed by atoms with Gasteiger partial charge in [0.1, 0.15) is 17.3 Å². The van der Waals surface area contributed by atoms with Crippen LogP contribution in [0.1, 0.15) is 44.4 Å². The number of hydrogen-bond donors (Lipinski definition) is 1. The van der Waals surface area contributed by atoms with Gasteiger partial charge in [0.05, 0.1) is 24.8 Å². The second-order valence-electron chi connectivity index (χ2n) is 9.35. The first-order valence-electron chi connectivity index (χ1n) is 12.1. The van der Waals surface area contributed by atoms with E-state index in [0.29, 0.717) is 54.7 Å². The summed E-state index contributed by atoms with van der Waals surface area (Å²) in [5.41, 5.74) is 1.20. The molecule has 7 nitrogen and oxygen atoms in total. The first-order chi connectivity index (χ1) is 16.7. The molecule has 0 radical (unpaired) electrons. The maximum absolute atomic E-state index is 13.2. The smallest absolute Gasteiger partial charge is 0.295 e. The van der Waals surface area contributed by atoms with Gasteiger partial charge in [-0.2, -0.15) is 0 Å². The van der Waals surface area contributed by atoms with Crippen molar-refractivity contribution in [2.75, 3.05) is 40.4 Å². The van der Waals surface area contributed by atoms with Gasteiger partial charge in [-0.05, 0) is 70.2 Å². The Bertz CT molecular complexity index is 1060. The highest BCUT2D eigenvalue weighted by Gasteiger charge is 2.46. The molecule has 2 aromatic carbocycles. The molecule has 3 rings (SSSR count). The minimum Gasteiger partial charge on any atom is -0.507 e. The number of aliphatic hydroxyl groups is 1. The summed E-state index contributed by atoms with van der Waals surface area (Å²) in [6, 6.07) is 13.5. The Balaban J connectivity index is 2.05. The molecular formula is C28H36N2O5. The minimum absolute atomic E-state index is 0.0721. The minimum atomic E-state index is -0.739. The highest BCUT2D eigenvalue weighted by molar-refractivity contribution is 6.46. The van der Waals surface area contributed by atoms with Crippen LogP contribution in [0.5, 0.6) is 11.5 Å². The van der Waals surface area contributed by atoms with Crippen LogP contribution >= 0.6 is 0 Å². The van der Waals surface area contributed by atoms with Crippen molar-refractivity contribution in [2.45, 2.75) is 33.2 Å². The number of carbonyl (C=O) groups is 2. The molecule has 1 aliphatic heterocycles. The van der Waals surface area contributed by atoms with Crippen molar-refractivity contribution in [1.82, 2.24) is 9.80 Å². The lowest BCUT2D eigenvalue weighted by Gasteiger charge is -2.27. The van der Waals surface area contributed by atoms with Crippen LogP contribution in [-0.2, 0) is 9.59 Å². The summed E-state index contributed by atoms with van der Waals surface area (Å²) in [5, 5.41) is 11.3. The predicted molar refractivity (Wildman–Crippen MR) is 137 cm³/mol. The van der Waals surface area contributed by atoms with Crippen LogP contribution in [0.25, 0.3) is 5.76 Å². The van der Waals surface area contributed by atoms with E-state index in [4.69, 9.17) is 9.47 Å². The number of likely N-dealkylation sites (tertiary alicyclic amines) is 1. The maximum atomic E-state index is 13.2. The molecule has 0 aliphatic carbocycles. The second kappa shape index (κ2) is 11.9. The summed E-state index contributed by atoms with van der Waals surface area (Å²) < 4.78 is 11.6. The second-order valence-corrected chi connectivity index (χ2v) is 9.35. The molecule has 1 amide bonds. The largest absolute Gasteiger partial charge is 0.507 e. The van der Waals surface area contributed by atoms with Crippen molar-refractivity contribution in [3.8, 4) is 11.5 Å². The zero-order chi connectivity index (χ0) is 25.5. The van der Waals surface area contributed by atoms with Gasteiger partial charge < -0.3 is 24.4 Å². The van der Waals surface area contributed by atoms with Gasteiger partial charge in [-0.15, -0.1) is 0 Å². The van der Waals surface area contributed by atoms with E-state index >= 15 is 0 Å². The zero-order valence-corrected chi connectivity index (χ0v) is 21.3. The number of para-hydroxylation sites is 1. The van der Waals surface area contributed by atoms with Gasteiger partial charge in [0.15, 0.2) is 0 Å². The third-order valence-electron chi connectivity index (χ3n) is 5.77. The Morgan fingerprint density at radius 1 is 1.06 bits per heavy atom. The van der Waals surface area contributed by atoms with Crippen LogP contribution in [0.2, 0.25) is 0 Å². The van der Waals surface area contributed by atoms with Crippen LogP contribution in [0.4, 0.5) is 0 Å². The number of carbonyl (C=O) groups excluding carboxylic acids is 2. The van der Waals surface area contributed by atoms with Gasteiger partial charge in [0.25, 0.3) is 11.7 Å². The normalized spacial score (nSPS) is 17.5. The van der Waals surface area contributed by atoms with E-state index in [1.54, 1.807) is 29.2 Å². The summed E-state index contributed by atoms with van der Waals surface area (Å²) in [6.45, 7) is 8.18. The number of nitrogens with zero attached hydrogens (tertiary/aromatic N) is 2. The van der Waals surface area contributed by atoms with Gasteiger partial charge >= 0.3 is 0 Å². The highest BCUT2D eigenvalue weighted by Crippen LogP contribution is 2.42. The number of Topliss-reactive ketones (excluding diaryl/α,β-unsaturated/α-hetero) is 1. The molecule has 0 aromatic heterocycles. The third-order valence-corrected chi connectivity index (χ3v) is 5.77. The van der Waals surface area contributed by atoms with E-state index in [1.165, 1.54) is 0 Å². The Hall–Kier alpha value is -3.32. The lowest BCUT2D eigenvalue weighted by molar-refractivity contribution is -0.140. The van der Waals surface area contributed by atoms with E-state index in [1.807, 2.05) is 50.2 Å². The Kier molecular flexibility index (Phi) is 8.93. The Morgan fingerprint density at radius 3 is 2.37 bits per heavy atom.